The van der Waals surface area contributed by atoms with Gasteiger partial charge in [0.15, 0.2) is 11.5 Å². The number of nitro groups is 1. The Hall–Kier alpha value is -3.46. The van der Waals surface area contributed by atoms with Gasteiger partial charge in [-0.2, -0.15) is 0 Å². The van der Waals surface area contributed by atoms with Crippen LogP contribution in [0.2, 0.25) is 0 Å². The first-order valence-corrected chi connectivity index (χ1v) is 9.90. The van der Waals surface area contributed by atoms with E-state index in [-0.39, 0.29) is 11.6 Å². The number of benzene rings is 2. The number of hydrogen-bond acceptors (Lipinski definition) is 7. The predicted octanol–water partition coefficient (Wildman–Crippen LogP) is 4.53. The summed E-state index contributed by atoms with van der Waals surface area (Å²) in [6.07, 6.45) is 0. The Labute approximate surface area is 177 Å². The van der Waals surface area contributed by atoms with E-state index in [2.05, 4.69) is 10.3 Å². The first-order chi connectivity index (χ1) is 14.3. The van der Waals surface area contributed by atoms with E-state index in [0.29, 0.717) is 32.6 Å². The van der Waals surface area contributed by atoms with Gasteiger partial charge in [-0.05, 0) is 37.6 Å². The maximum atomic E-state index is 12.8. The first-order valence-electron chi connectivity index (χ1n) is 9.09. The summed E-state index contributed by atoms with van der Waals surface area (Å²) >= 11 is 1.27. The molecule has 0 saturated carbocycles. The largest absolute Gasteiger partial charge is 0.493 e. The number of nitro benzene ring substituents is 1. The highest BCUT2D eigenvalue weighted by atomic mass is 32.1. The van der Waals surface area contributed by atoms with Crippen LogP contribution in [0.5, 0.6) is 11.5 Å². The summed E-state index contributed by atoms with van der Waals surface area (Å²) in [6, 6.07) is 11.3. The van der Waals surface area contributed by atoms with Crippen molar-refractivity contribution < 1.29 is 19.2 Å². The van der Waals surface area contributed by atoms with Crippen molar-refractivity contribution in [2.45, 2.75) is 19.9 Å². The summed E-state index contributed by atoms with van der Waals surface area (Å²) in [5, 5.41) is 14.6. The van der Waals surface area contributed by atoms with Crippen molar-refractivity contribution in [1.29, 1.82) is 0 Å². The summed E-state index contributed by atoms with van der Waals surface area (Å²) < 4.78 is 10.6. The first kappa shape index (κ1) is 21.3. The van der Waals surface area contributed by atoms with Crippen molar-refractivity contribution in [2.24, 2.45) is 0 Å². The summed E-state index contributed by atoms with van der Waals surface area (Å²) in [5.41, 5.74) is 2.05. The molecule has 0 aliphatic heterocycles. The number of rotatable bonds is 7. The van der Waals surface area contributed by atoms with Crippen LogP contribution >= 0.6 is 11.3 Å². The van der Waals surface area contributed by atoms with Gasteiger partial charge in [-0.3, -0.25) is 14.9 Å². The third-order valence-corrected chi connectivity index (χ3v) is 5.77. The monoisotopic (exact) mass is 427 g/mol. The van der Waals surface area contributed by atoms with Crippen LogP contribution in [-0.2, 0) is 0 Å². The number of ether oxygens (including phenoxy) is 2. The van der Waals surface area contributed by atoms with E-state index >= 15 is 0 Å². The summed E-state index contributed by atoms with van der Waals surface area (Å²) in [6.45, 7) is 3.55. The Morgan fingerprint density at radius 2 is 1.90 bits per heavy atom. The average molecular weight is 427 g/mol. The Kier molecular flexibility index (Phi) is 6.31. The fourth-order valence-corrected chi connectivity index (χ4v) is 3.92. The smallest absolute Gasteiger partial charge is 0.269 e. The van der Waals surface area contributed by atoms with Crippen LogP contribution < -0.4 is 14.8 Å². The van der Waals surface area contributed by atoms with Crippen molar-refractivity contribution in [2.75, 3.05) is 14.2 Å². The standard InChI is InChI=1S/C21H21N3O5S/c1-12(14-6-5-7-16(10-14)24(26)27)22-20(25)19-13(2)23-21(30-19)15-8-9-17(28-3)18(11-15)29-4/h5-12H,1-4H3,(H,22,25). The van der Waals surface area contributed by atoms with Crippen LogP contribution in [0.4, 0.5) is 5.69 Å². The summed E-state index contributed by atoms with van der Waals surface area (Å²) in [7, 11) is 3.12. The van der Waals surface area contributed by atoms with Gasteiger partial charge in [-0.15, -0.1) is 11.3 Å². The minimum absolute atomic E-state index is 0.0155. The van der Waals surface area contributed by atoms with Crippen LogP contribution in [-0.4, -0.2) is 30.0 Å². The molecule has 8 nitrogen and oxygen atoms in total. The minimum atomic E-state index is -0.458. The lowest BCUT2D eigenvalue weighted by Crippen LogP contribution is -2.26. The molecule has 0 aliphatic rings. The molecule has 1 amide bonds. The number of aromatic nitrogens is 1. The van der Waals surface area contributed by atoms with E-state index in [4.69, 9.17) is 9.47 Å². The quantitative estimate of drug-likeness (QED) is 0.439. The van der Waals surface area contributed by atoms with Gasteiger partial charge >= 0.3 is 0 Å². The summed E-state index contributed by atoms with van der Waals surface area (Å²) in [5.74, 6) is 0.905. The molecule has 0 bridgehead atoms. The van der Waals surface area contributed by atoms with Gasteiger partial charge in [0.1, 0.15) is 9.88 Å². The van der Waals surface area contributed by atoms with Crippen LogP contribution in [0, 0.1) is 17.0 Å². The van der Waals surface area contributed by atoms with Gasteiger partial charge in [-0.25, -0.2) is 4.98 Å². The molecule has 1 N–H and O–H groups in total. The molecule has 1 atom stereocenters. The maximum Gasteiger partial charge on any atom is 0.269 e. The number of thiazole rings is 1. The van der Waals surface area contributed by atoms with Crippen LogP contribution in [0.25, 0.3) is 10.6 Å². The predicted molar refractivity (Wildman–Crippen MR) is 114 cm³/mol. The van der Waals surface area contributed by atoms with Crippen LogP contribution in [0.1, 0.15) is 33.9 Å². The SMILES string of the molecule is COc1ccc(-c2nc(C)c(C(=O)NC(C)c3cccc([N+](=O)[O-])c3)s2)cc1OC. The van der Waals surface area contributed by atoms with Crippen molar-refractivity contribution >= 4 is 22.9 Å². The molecule has 0 spiro atoms. The van der Waals surface area contributed by atoms with Gasteiger partial charge in [-0.1, -0.05) is 12.1 Å². The molecular formula is C21H21N3O5S. The maximum absolute atomic E-state index is 12.8. The summed E-state index contributed by atoms with van der Waals surface area (Å²) in [4.78, 5) is 28.3. The zero-order valence-electron chi connectivity index (χ0n) is 17.0. The number of methoxy groups -OCH3 is 2. The molecular weight excluding hydrogens is 406 g/mol. The van der Waals surface area contributed by atoms with E-state index in [1.165, 1.54) is 23.5 Å². The van der Waals surface area contributed by atoms with Gasteiger partial charge in [0.25, 0.3) is 11.6 Å². The number of aryl methyl sites for hydroxylation is 1. The fraction of sp³-hybridized carbons (Fsp3) is 0.238. The van der Waals surface area contributed by atoms with Crippen LogP contribution in [0.15, 0.2) is 42.5 Å². The number of nitrogens with zero attached hydrogens (tertiary/aromatic N) is 2. The fourth-order valence-electron chi connectivity index (χ4n) is 2.95. The molecule has 0 saturated heterocycles. The topological polar surface area (TPSA) is 104 Å². The Morgan fingerprint density at radius 1 is 1.17 bits per heavy atom. The highest BCUT2D eigenvalue weighted by Crippen LogP contribution is 2.35. The third kappa shape index (κ3) is 4.41. The normalized spacial score (nSPS) is 11.6. The number of amides is 1. The Bertz CT molecular complexity index is 1100. The zero-order chi connectivity index (χ0) is 21.8. The number of carbonyl (C=O) groups excluding carboxylic acids is 1. The Morgan fingerprint density at radius 3 is 2.57 bits per heavy atom. The molecule has 0 fully saturated rings. The lowest BCUT2D eigenvalue weighted by atomic mass is 10.1. The molecule has 1 heterocycles. The minimum Gasteiger partial charge on any atom is -0.493 e. The van der Waals surface area contributed by atoms with Gasteiger partial charge in [0.2, 0.25) is 0 Å². The Balaban J connectivity index is 1.82. The molecule has 156 valence electrons. The molecule has 0 radical (unpaired) electrons. The molecule has 0 aliphatic carbocycles. The highest BCUT2D eigenvalue weighted by Gasteiger charge is 2.20. The number of non-ortho nitro benzene ring substituents is 1. The van der Waals surface area contributed by atoms with E-state index in [9.17, 15) is 14.9 Å². The molecule has 3 rings (SSSR count). The van der Waals surface area contributed by atoms with E-state index < -0.39 is 11.0 Å². The molecule has 2 aromatic carbocycles. The van der Waals surface area contributed by atoms with Gasteiger partial charge < -0.3 is 14.8 Å². The van der Waals surface area contributed by atoms with Gasteiger partial charge in [0, 0.05) is 17.7 Å². The van der Waals surface area contributed by atoms with E-state index in [0.717, 1.165) is 5.56 Å². The van der Waals surface area contributed by atoms with Gasteiger partial charge in [0.05, 0.1) is 30.9 Å². The second-order valence-electron chi connectivity index (χ2n) is 6.55. The van der Waals surface area contributed by atoms with E-state index in [1.807, 2.05) is 12.1 Å². The molecule has 30 heavy (non-hydrogen) atoms. The van der Waals surface area contributed by atoms with Crippen LogP contribution in [0.3, 0.4) is 0 Å². The molecule has 9 heteroatoms. The lowest BCUT2D eigenvalue weighted by molar-refractivity contribution is -0.384. The van der Waals surface area contributed by atoms with Crippen molar-refractivity contribution in [3.8, 4) is 22.1 Å². The van der Waals surface area contributed by atoms with Crippen molar-refractivity contribution in [3.05, 3.63) is 68.7 Å². The number of hydrogen-bond donors (Lipinski definition) is 1. The van der Waals surface area contributed by atoms with E-state index in [1.54, 1.807) is 46.3 Å². The molecule has 1 unspecified atom stereocenters. The van der Waals surface area contributed by atoms with Crippen molar-refractivity contribution in [3.63, 3.8) is 0 Å². The number of nitrogens with one attached hydrogen (secondary N) is 1. The second-order valence-corrected chi connectivity index (χ2v) is 7.55. The lowest BCUT2D eigenvalue weighted by Gasteiger charge is -2.13. The third-order valence-electron chi connectivity index (χ3n) is 4.56. The zero-order valence-corrected chi connectivity index (χ0v) is 17.8. The molecule has 1 aromatic heterocycles. The number of carbonyl (C=O) groups is 1. The van der Waals surface area contributed by atoms with Crippen molar-refractivity contribution in [1.82, 2.24) is 10.3 Å². The average Bonchev–Trinajstić information content (AvgIpc) is 3.14. The molecule has 3 aromatic rings. The highest BCUT2D eigenvalue weighted by molar-refractivity contribution is 7.17. The second kappa shape index (κ2) is 8.91.